The molecule has 0 bridgehead atoms. The SMILES string of the molecule is COc1cccc(/C=C/NC(=O)C(C2=CSC3C=CC(Cl)=CC23)P(C)(=O)O)c1. The highest BCUT2D eigenvalue weighted by Gasteiger charge is 2.43. The first-order valence-electron chi connectivity index (χ1n) is 8.61. The molecule has 1 aromatic rings. The first-order chi connectivity index (χ1) is 13.3. The number of amides is 1. The minimum absolute atomic E-state index is 0.0895. The van der Waals surface area contributed by atoms with E-state index in [0.717, 1.165) is 5.56 Å². The molecule has 1 aliphatic heterocycles. The number of benzene rings is 1. The summed E-state index contributed by atoms with van der Waals surface area (Å²) in [6, 6.07) is 7.34. The van der Waals surface area contributed by atoms with Crippen LogP contribution in [-0.2, 0) is 9.36 Å². The van der Waals surface area contributed by atoms with Crippen LogP contribution in [0.25, 0.3) is 6.08 Å². The number of hydrogen-bond donors (Lipinski definition) is 2. The number of allylic oxidation sites excluding steroid dienone is 3. The molecular weight excluding hydrogens is 417 g/mol. The van der Waals surface area contributed by atoms with Crippen LogP contribution in [0.1, 0.15) is 5.56 Å². The molecule has 1 aromatic carbocycles. The molecule has 0 fully saturated rings. The van der Waals surface area contributed by atoms with E-state index in [-0.39, 0.29) is 11.2 Å². The van der Waals surface area contributed by atoms with Crippen molar-refractivity contribution in [1.29, 1.82) is 0 Å². The Morgan fingerprint density at radius 1 is 1.46 bits per heavy atom. The Morgan fingerprint density at radius 2 is 2.25 bits per heavy atom. The fourth-order valence-electron chi connectivity index (χ4n) is 3.22. The van der Waals surface area contributed by atoms with Gasteiger partial charge in [0.05, 0.1) is 7.11 Å². The second kappa shape index (κ2) is 8.75. The van der Waals surface area contributed by atoms with Crippen LogP contribution < -0.4 is 10.1 Å². The highest BCUT2D eigenvalue weighted by molar-refractivity contribution is 8.03. The minimum atomic E-state index is -3.73. The highest BCUT2D eigenvalue weighted by atomic mass is 35.5. The molecule has 0 aromatic heterocycles. The summed E-state index contributed by atoms with van der Waals surface area (Å²) in [6.45, 7) is 1.21. The van der Waals surface area contributed by atoms with Crippen LogP contribution in [0, 0.1) is 5.92 Å². The van der Waals surface area contributed by atoms with Crippen molar-refractivity contribution in [2.75, 3.05) is 13.8 Å². The average Bonchev–Trinajstić information content (AvgIpc) is 3.03. The number of halogens is 1. The first-order valence-corrected chi connectivity index (χ1v) is 12.1. The molecule has 5 nitrogen and oxygen atoms in total. The molecule has 8 heteroatoms. The topological polar surface area (TPSA) is 75.6 Å². The van der Waals surface area contributed by atoms with E-state index >= 15 is 0 Å². The lowest BCUT2D eigenvalue weighted by molar-refractivity contribution is -0.119. The zero-order chi connectivity index (χ0) is 20.3. The maximum Gasteiger partial charge on any atom is 0.240 e. The molecule has 148 valence electrons. The van der Waals surface area contributed by atoms with Crippen molar-refractivity contribution in [2.45, 2.75) is 10.9 Å². The van der Waals surface area contributed by atoms with Gasteiger partial charge in [-0.25, -0.2) is 0 Å². The molecule has 1 heterocycles. The Balaban J connectivity index is 1.77. The lowest BCUT2D eigenvalue weighted by atomic mass is 9.90. The maximum atomic E-state index is 12.8. The standard InChI is InChI=1S/C20H21ClNO4PS/c1-26-15-5-3-4-13(10-15)8-9-22-20(23)19(27(2,24)25)17-12-28-18-7-6-14(21)11-16(17)18/h3-12,16,18-19H,1-2H3,(H,22,23)(H,24,25)/b9-8+. The number of carbonyl (C=O) groups excluding carboxylic acids is 1. The third-order valence-electron chi connectivity index (χ3n) is 4.52. The van der Waals surface area contributed by atoms with Crippen LogP contribution in [0.15, 0.2) is 64.7 Å². The third kappa shape index (κ3) is 4.81. The fourth-order valence-corrected chi connectivity index (χ4v) is 6.02. The number of carbonyl (C=O) groups is 1. The Hall–Kier alpha value is -1.72. The van der Waals surface area contributed by atoms with Gasteiger partial charge in [-0.1, -0.05) is 35.9 Å². The van der Waals surface area contributed by atoms with Gasteiger partial charge in [0.15, 0.2) is 0 Å². The summed E-state index contributed by atoms with van der Waals surface area (Å²) < 4.78 is 17.7. The Kier molecular flexibility index (Phi) is 6.56. The van der Waals surface area contributed by atoms with Crippen LogP contribution in [0.3, 0.4) is 0 Å². The monoisotopic (exact) mass is 437 g/mol. The van der Waals surface area contributed by atoms with Gasteiger partial charge in [-0.05, 0) is 40.8 Å². The Bertz CT molecular complexity index is 934. The van der Waals surface area contributed by atoms with Crippen LogP contribution in [-0.4, -0.2) is 35.5 Å². The third-order valence-corrected chi connectivity index (χ3v) is 7.44. The van der Waals surface area contributed by atoms with E-state index < -0.39 is 18.9 Å². The molecule has 28 heavy (non-hydrogen) atoms. The van der Waals surface area contributed by atoms with Crippen molar-refractivity contribution in [3.05, 3.63) is 70.3 Å². The van der Waals surface area contributed by atoms with E-state index in [1.54, 1.807) is 13.2 Å². The summed E-state index contributed by atoms with van der Waals surface area (Å²) in [5, 5.41) is 5.11. The van der Waals surface area contributed by atoms with Crippen LogP contribution >= 0.6 is 30.7 Å². The normalized spacial score (nSPS) is 24.1. The summed E-state index contributed by atoms with van der Waals surface area (Å²) in [5.41, 5.74) is 0.331. The van der Waals surface area contributed by atoms with Crippen LogP contribution in [0.5, 0.6) is 5.75 Å². The van der Waals surface area contributed by atoms with Gasteiger partial charge in [-0.2, -0.15) is 0 Å². The van der Waals surface area contributed by atoms with Gasteiger partial charge < -0.3 is 14.9 Å². The van der Waals surface area contributed by atoms with Crippen molar-refractivity contribution in [2.24, 2.45) is 5.92 Å². The quantitative estimate of drug-likeness (QED) is 0.647. The summed E-state index contributed by atoms with van der Waals surface area (Å²) in [5.74, 6) is 0.0214. The number of rotatable bonds is 6. The molecule has 2 N–H and O–H groups in total. The molecule has 4 unspecified atom stereocenters. The van der Waals surface area contributed by atoms with Crippen LogP contribution in [0.4, 0.5) is 0 Å². The fraction of sp³-hybridized carbons (Fsp3) is 0.250. The van der Waals surface area contributed by atoms with Crippen molar-refractivity contribution in [1.82, 2.24) is 5.32 Å². The van der Waals surface area contributed by atoms with Crippen LogP contribution in [0.2, 0.25) is 0 Å². The molecule has 0 saturated carbocycles. The van der Waals surface area contributed by atoms with Gasteiger partial charge in [0.25, 0.3) is 0 Å². The number of ether oxygens (including phenoxy) is 1. The number of fused-ring (bicyclic) bond motifs is 1. The van der Waals surface area contributed by atoms with E-state index in [1.807, 2.05) is 47.9 Å². The van der Waals surface area contributed by atoms with Gasteiger partial charge in [-0.3, -0.25) is 9.36 Å². The molecule has 4 atom stereocenters. The lowest BCUT2D eigenvalue weighted by Gasteiger charge is -2.26. The Labute approximate surface area is 173 Å². The highest BCUT2D eigenvalue weighted by Crippen LogP contribution is 2.53. The maximum absolute atomic E-state index is 12.8. The molecule has 0 spiro atoms. The molecule has 0 radical (unpaired) electrons. The minimum Gasteiger partial charge on any atom is -0.497 e. The summed E-state index contributed by atoms with van der Waals surface area (Å²) in [4.78, 5) is 23.1. The van der Waals surface area contributed by atoms with E-state index in [9.17, 15) is 14.3 Å². The smallest absolute Gasteiger partial charge is 0.240 e. The molecule has 2 aliphatic rings. The number of nitrogens with one attached hydrogen (secondary N) is 1. The number of hydrogen-bond acceptors (Lipinski definition) is 4. The zero-order valence-electron chi connectivity index (χ0n) is 15.4. The molecule has 1 amide bonds. The van der Waals surface area contributed by atoms with E-state index in [1.165, 1.54) is 24.6 Å². The van der Waals surface area contributed by atoms with Crippen molar-refractivity contribution >= 4 is 42.7 Å². The lowest BCUT2D eigenvalue weighted by Crippen LogP contribution is -2.35. The second-order valence-corrected chi connectivity index (χ2v) is 10.5. The largest absolute Gasteiger partial charge is 0.497 e. The van der Waals surface area contributed by atoms with Gasteiger partial charge in [-0.15, -0.1) is 11.8 Å². The predicted molar refractivity (Wildman–Crippen MR) is 116 cm³/mol. The van der Waals surface area contributed by atoms with E-state index in [2.05, 4.69) is 5.32 Å². The van der Waals surface area contributed by atoms with Crippen molar-refractivity contribution < 1.29 is 19.0 Å². The summed E-state index contributed by atoms with van der Waals surface area (Å²) >= 11 is 7.63. The molecule has 0 saturated heterocycles. The second-order valence-electron chi connectivity index (χ2n) is 6.62. The van der Waals surface area contributed by atoms with E-state index in [4.69, 9.17) is 16.3 Å². The van der Waals surface area contributed by atoms with Gasteiger partial charge in [0.2, 0.25) is 13.3 Å². The molecule has 1 aliphatic carbocycles. The predicted octanol–water partition coefficient (Wildman–Crippen LogP) is 4.36. The Morgan fingerprint density at radius 3 is 2.96 bits per heavy atom. The van der Waals surface area contributed by atoms with Gasteiger partial charge in [0, 0.05) is 29.1 Å². The number of methoxy groups -OCH3 is 1. The average molecular weight is 438 g/mol. The van der Waals surface area contributed by atoms with Gasteiger partial charge >= 0.3 is 0 Å². The van der Waals surface area contributed by atoms with Gasteiger partial charge in [0.1, 0.15) is 11.4 Å². The zero-order valence-corrected chi connectivity index (χ0v) is 17.9. The number of thioether (sulfide) groups is 1. The van der Waals surface area contributed by atoms with Crippen molar-refractivity contribution in [3.63, 3.8) is 0 Å². The molecular formula is C20H21ClNO4PS. The molecule has 3 rings (SSSR count). The summed E-state index contributed by atoms with van der Waals surface area (Å²) in [7, 11) is -2.15. The summed E-state index contributed by atoms with van der Waals surface area (Å²) in [6.07, 6.45) is 8.78. The first kappa shape index (κ1) is 21.0. The van der Waals surface area contributed by atoms with Crippen molar-refractivity contribution in [3.8, 4) is 5.75 Å². The van der Waals surface area contributed by atoms with E-state index in [0.29, 0.717) is 16.4 Å².